The summed E-state index contributed by atoms with van der Waals surface area (Å²) < 4.78 is 18.3. The van der Waals surface area contributed by atoms with Crippen molar-refractivity contribution < 1.29 is 18.7 Å². The molecule has 2 N–H and O–H groups in total. The molecule has 0 spiro atoms. The predicted octanol–water partition coefficient (Wildman–Crippen LogP) is 3.75. The normalized spacial score (nSPS) is 10.3. The number of Topliss-reactive ketones (excluding diaryl/α,β-unsaturated/α-hetero) is 1. The topological polar surface area (TPSA) is 69.4 Å². The van der Waals surface area contributed by atoms with Crippen molar-refractivity contribution in [2.75, 3.05) is 12.3 Å². The van der Waals surface area contributed by atoms with Crippen molar-refractivity contribution in [2.45, 2.75) is 0 Å². The van der Waals surface area contributed by atoms with Crippen molar-refractivity contribution in [1.29, 1.82) is 0 Å². The lowest BCUT2D eigenvalue weighted by molar-refractivity contribution is 0.0474. The maximum Gasteiger partial charge on any atom is 0.340 e. The number of benzene rings is 2. The molecule has 2 rings (SSSR count). The highest BCUT2D eigenvalue weighted by Gasteiger charge is 2.18. The molecule has 2 aromatic carbocycles. The van der Waals surface area contributed by atoms with Crippen LogP contribution in [-0.2, 0) is 4.74 Å². The zero-order valence-corrected chi connectivity index (χ0v) is 12.6. The third-order valence-electron chi connectivity index (χ3n) is 2.82. The van der Waals surface area contributed by atoms with Crippen LogP contribution in [0.25, 0.3) is 0 Å². The average molecular weight is 342 g/mol. The zero-order chi connectivity index (χ0) is 16.3. The second kappa shape index (κ2) is 6.77. The van der Waals surface area contributed by atoms with Gasteiger partial charge in [0.15, 0.2) is 6.61 Å². The average Bonchev–Trinajstić information content (AvgIpc) is 2.48. The van der Waals surface area contributed by atoms with Gasteiger partial charge in [0, 0.05) is 5.02 Å². The fourth-order valence-corrected chi connectivity index (χ4v) is 2.22. The van der Waals surface area contributed by atoms with Gasteiger partial charge in [-0.25, -0.2) is 9.18 Å². The van der Waals surface area contributed by atoms with E-state index in [0.29, 0.717) is 0 Å². The third-order valence-corrected chi connectivity index (χ3v) is 3.35. The number of hydrogen-bond acceptors (Lipinski definition) is 4. The van der Waals surface area contributed by atoms with E-state index in [0.717, 1.165) is 6.07 Å². The molecule has 0 fully saturated rings. The molecule has 0 atom stereocenters. The number of nitrogens with two attached hydrogens (primary N) is 1. The molecule has 114 valence electrons. The van der Waals surface area contributed by atoms with Gasteiger partial charge in [-0.2, -0.15) is 0 Å². The molecule has 0 saturated carbocycles. The fraction of sp³-hybridized carbons (Fsp3) is 0.0667. The van der Waals surface area contributed by atoms with Gasteiger partial charge in [-0.15, -0.1) is 0 Å². The number of ketones is 1. The smallest absolute Gasteiger partial charge is 0.340 e. The van der Waals surface area contributed by atoms with E-state index in [2.05, 4.69) is 0 Å². The van der Waals surface area contributed by atoms with E-state index in [1.54, 1.807) is 0 Å². The third kappa shape index (κ3) is 3.55. The van der Waals surface area contributed by atoms with Gasteiger partial charge in [0.25, 0.3) is 0 Å². The van der Waals surface area contributed by atoms with Crippen molar-refractivity contribution >= 4 is 40.6 Å². The number of nitrogen functional groups attached to an aromatic ring is 1. The molecule has 0 aromatic heterocycles. The number of esters is 1. The molecule has 0 heterocycles. The first-order chi connectivity index (χ1) is 10.4. The summed E-state index contributed by atoms with van der Waals surface area (Å²) in [5, 5.41) is 0.298. The van der Waals surface area contributed by atoms with E-state index in [1.165, 1.54) is 30.3 Å². The lowest BCUT2D eigenvalue weighted by Gasteiger charge is -2.08. The maximum absolute atomic E-state index is 13.4. The molecule has 0 unspecified atom stereocenters. The van der Waals surface area contributed by atoms with Gasteiger partial charge in [0.1, 0.15) is 5.82 Å². The van der Waals surface area contributed by atoms with Gasteiger partial charge in [-0.1, -0.05) is 35.3 Å². The minimum absolute atomic E-state index is 0.00518. The van der Waals surface area contributed by atoms with Gasteiger partial charge in [0.05, 0.1) is 21.8 Å². The Hall–Kier alpha value is -2.11. The van der Waals surface area contributed by atoms with Crippen LogP contribution in [0.2, 0.25) is 10.0 Å². The number of ether oxygens (including phenoxy) is 1. The van der Waals surface area contributed by atoms with Crippen LogP contribution in [-0.4, -0.2) is 18.4 Å². The second-order valence-electron chi connectivity index (χ2n) is 4.33. The lowest BCUT2D eigenvalue weighted by Crippen LogP contribution is -2.16. The van der Waals surface area contributed by atoms with Gasteiger partial charge in [-0.05, 0) is 24.3 Å². The molecule has 0 bridgehead atoms. The molecular formula is C15H10Cl2FNO3. The molecule has 0 aliphatic rings. The number of rotatable bonds is 4. The number of halogens is 3. The van der Waals surface area contributed by atoms with Gasteiger partial charge in [0.2, 0.25) is 5.78 Å². The van der Waals surface area contributed by atoms with Gasteiger partial charge < -0.3 is 10.5 Å². The summed E-state index contributed by atoms with van der Waals surface area (Å²) in [6, 6.07) is 8.05. The molecule has 0 amide bonds. The highest BCUT2D eigenvalue weighted by molar-refractivity contribution is 6.37. The number of carbonyl (C=O) groups is 2. The predicted molar refractivity (Wildman–Crippen MR) is 81.9 cm³/mol. The first kappa shape index (κ1) is 16.3. The molecular weight excluding hydrogens is 332 g/mol. The Morgan fingerprint density at radius 2 is 1.82 bits per heavy atom. The Morgan fingerprint density at radius 3 is 2.50 bits per heavy atom. The molecule has 2 aromatic rings. The van der Waals surface area contributed by atoms with Crippen molar-refractivity contribution in [3.8, 4) is 0 Å². The minimum Gasteiger partial charge on any atom is -0.454 e. The van der Waals surface area contributed by atoms with Crippen LogP contribution in [0.15, 0.2) is 36.4 Å². The number of anilines is 1. The van der Waals surface area contributed by atoms with Crippen LogP contribution in [0.3, 0.4) is 0 Å². The van der Waals surface area contributed by atoms with E-state index in [4.69, 9.17) is 33.7 Å². The minimum atomic E-state index is -0.869. The van der Waals surface area contributed by atoms with Gasteiger partial charge in [-0.3, -0.25) is 4.79 Å². The molecule has 4 nitrogen and oxygen atoms in total. The zero-order valence-electron chi connectivity index (χ0n) is 11.1. The van der Waals surface area contributed by atoms with Crippen LogP contribution >= 0.6 is 23.2 Å². The molecule has 22 heavy (non-hydrogen) atoms. The molecule has 0 aliphatic heterocycles. The van der Waals surface area contributed by atoms with Crippen molar-refractivity contribution in [3.63, 3.8) is 0 Å². The summed E-state index contributed by atoms with van der Waals surface area (Å²) in [4.78, 5) is 23.7. The maximum atomic E-state index is 13.4. The van der Waals surface area contributed by atoms with Crippen molar-refractivity contribution in [2.24, 2.45) is 0 Å². The number of carbonyl (C=O) groups excluding carboxylic acids is 2. The largest absolute Gasteiger partial charge is 0.454 e. The van der Waals surface area contributed by atoms with E-state index < -0.39 is 24.2 Å². The summed E-state index contributed by atoms with van der Waals surface area (Å²) >= 11 is 11.6. The highest BCUT2D eigenvalue weighted by atomic mass is 35.5. The van der Waals surface area contributed by atoms with E-state index in [9.17, 15) is 14.0 Å². The monoisotopic (exact) mass is 341 g/mol. The summed E-state index contributed by atoms with van der Waals surface area (Å²) in [5.41, 5.74) is 5.44. The number of hydrogen-bond donors (Lipinski definition) is 1. The summed E-state index contributed by atoms with van der Waals surface area (Å²) in [5.74, 6) is -2.22. The first-order valence-corrected chi connectivity index (χ1v) is 6.85. The lowest BCUT2D eigenvalue weighted by atomic mass is 10.1. The highest BCUT2D eigenvalue weighted by Crippen LogP contribution is 2.28. The first-order valence-electron chi connectivity index (χ1n) is 6.09. The van der Waals surface area contributed by atoms with Crippen LogP contribution < -0.4 is 5.73 Å². The summed E-state index contributed by atoms with van der Waals surface area (Å²) in [6.07, 6.45) is 0. The van der Waals surface area contributed by atoms with Crippen LogP contribution in [0.4, 0.5) is 10.1 Å². The Morgan fingerprint density at radius 1 is 1.14 bits per heavy atom. The summed E-state index contributed by atoms with van der Waals surface area (Å²) in [7, 11) is 0. The molecule has 0 aliphatic carbocycles. The van der Waals surface area contributed by atoms with E-state index >= 15 is 0 Å². The van der Waals surface area contributed by atoms with Gasteiger partial charge >= 0.3 is 5.97 Å². The van der Waals surface area contributed by atoms with E-state index in [1.807, 2.05) is 0 Å². The van der Waals surface area contributed by atoms with Crippen LogP contribution in [0.1, 0.15) is 20.7 Å². The molecule has 0 radical (unpaired) electrons. The van der Waals surface area contributed by atoms with Crippen LogP contribution in [0.5, 0.6) is 0 Å². The van der Waals surface area contributed by atoms with E-state index in [-0.39, 0.29) is 26.9 Å². The summed E-state index contributed by atoms with van der Waals surface area (Å²) in [6.45, 7) is -0.622. The Labute approximate surface area is 135 Å². The fourth-order valence-electron chi connectivity index (χ4n) is 1.73. The quantitative estimate of drug-likeness (QED) is 0.522. The standard InChI is InChI=1S/C15H10Cl2FNO3/c16-8-5-10(14(19)11(17)6-8)15(21)22-7-13(20)9-3-1-2-4-12(9)18/h1-6H,7,19H2. The Balaban J connectivity index is 2.11. The van der Waals surface area contributed by atoms with Crippen LogP contribution in [0, 0.1) is 5.82 Å². The SMILES string of the molecule is Nc1c(Cl)cc(Cl)cc1C(=O)OCC(=O)c1ccccc1F. The Bertz CT molecular complexity index is 750. The van der Waals surface area contributed by atoms with Crippen molar-refractivity contribution in [3.05, 3.63) is 63.4 Å². The molecule has 0 saturated heterocycles. The molecule has 7 heteroatoms. The van der Waals surface area contributed by atoms with Crippen molar-refractivity contribution in [1.82, 2.24) is 0 Å². The second-order valence-corrected chi connectivity index (χ2v) is 5.17. The Kier molecular flexibility index (Phi) is 5.00.